The van der Waals surface area contributed by atoms with Gasteiger partial charge in [0.1, 0.15) is 0 Å². The first kappa shape index (κ1) is 18.2. The molecule has 0 saturated heterocycles. The van der Waals surface area contributed by atoms with Crippen molar-refractivity contribution in [3.05, 3.63) is 108 Å². The Morgan fingerprint density at radius 3 is 2.00 bits per heavy atom. The van der Waals surface area contributed by atoms with Gasteiger partial charge in [-0.1, -0.05) is 90.5 Å². The number of hydrogen-bond donors (Lipinski definition) is 0. The Labute approximate surface area is 156 Å². The molecule has 132 valence electrons. The van der Waals surface area contributed by atoms with Crippen LogP contribution in [0.25, 0.3) is 6.08 Å². The van der Waals surface area contributed by atoms with Gasteiger partial charge in [-0.3, -0.25) is 0 Å². The summed E-state index contributed by atoms with van der Waals surface area (Å²) in [5.74, 6) is 0.429. The fraction of sp³-hybridized carbons (Fsp3) is 0.130. The van der Waals surface area contributed by atoms with Crippen LogP contribution in [0.4, 0.5) is 0 Å². The normalized spacial score (nSPS) is 13.8. The molecule has 0 saturated carbocycles. The summed E-state index contributed by atoms with van der Waals surface area (Å²) in [6.07, 6.45) is 2.08. The van der Waals surface area contributed by atoms with E-state index in [0.29, 0.717) is 12.3 Å². The van der Waals surface area contributed by atoms with E-state index >= 15 is 0 Å². The van der Waals surface area contributed by atoms with E-state index in [-0.39, 0.29) is 0 Å². The quantitative estimate of drug-likeness (QED) is 0.544. The van der Waals surface area contributed by atoms with Gasteiger partial charge in [-0.25, -0.2) is 8.57 Å². The minimum atomic E-state index is -2.53. The van der Waals surface area contributed by atoms with E-state index in [1.165, 1.54) is 0 Å². The minimum absolute atomic E-state index is 0.429. The molecule has 0 amide bonds. The number of nitrogens with zero attached hydrogens (tertiary/aromatic N) is 1. The van der Waals surface area contributed by atoms with E-state index in [0.717, 1.165) is 21.6 Å². The van der Waals surface area contributed by atoms with Crippen molar-refractivity contribution >= 4 is 15.8 Å². The maximum Gasteiger partial charge on any atom is 0.0794 e. The predicted molar refractivity (Wildman–Crippen MR) is 110 cm³/mol. The van der Waals surface area contributed by atoms with Crippen molar-refractivity contribution in [3.8, 4) is 0 Å². The highest BCUT2D eigenvalue weighted by Gasteiger charge is 2.13. The molecule has 3 heteroatoms. The van der Waals surface area contributed by atoms with Crippen LogP contribution in [0.3, 0.4) is 0 Å². The Balaban J connectivity index is 1.93. The number of benzene rings is 3. The van der Waals surface area contributed by atoms with Crippen molar-refractivity contribution in [3.63, 3.8) is 0 Å². The SMILES string of the molecule is C/C(=C/c1ccccc1)C[S@@](=O)(=NCc1ccccc1)c1ccccc1. The van der Waals surface area contributed by atoms with E-state index in [4.69, 9.17) is 0 Å². The Bertz CT molecular complexity index is 970. The Morgan fingerprint density at radius 2 is 1.38 bits per heavy atom. The smallest absolute Gasteiger partial charge is 0.0794 e. The Kier molecular flexibility index (Phi) is 6.03. The molecule has 0 unspecified atom stereocenters. The zero-order chi connectivity index (χ0) is 18.2. The van der Waals surface area contributed by atoms with Crippen molar-refractivity contribution in [2.75, 3.05) is 5.75 Å². The second-order valence-electron chi connectivity index (χ2n) is 6.27. The molecule has 3 rings (SSSR count). The molecule has 0 aliphatic carbocycles. The van der Waals surface area contributed by atoms with Crippen molar-refractivity contribution in [2.45, 2.75) is 18.4 Å². The van der Waals surface area contributed by atoms with E-state index < -0.39 is 9.73 Å². The van der Waals surface area contributed by atoms with Gasteiger partial charge in [0, 0.05) is 4.90 Å². The van der Waals surface area contributed by atoms with Crippen LogP contribution in [0.1, 0.15) is 18.1 Å². The average molecular weight is 362 g/mol. The summed E-state index contributed by atoms with van der Waals surface area (Å²) in [5, 5.41) is 0. The summed E-state index contributed by atoms with van der Waals surface area (Å²) < 4.78 is 18.4. The third kappa shape index (κ3) is 4.93. The summed E-state index contributed by atoms with van der Waals surface area (Å²) in [5.41, 5.74) is 3.24. The average Bonchev–Trinajstić information content (AvgIpc) is 2.69. The molecule has 0 bridgehead atoms. The molecule has 0 N–H and O–H groups in total. The maximum atomic E-state index is 13.8. The van der Waals surface area contributed by atoms with Gasteiger partial charge in [-0.05, 0) is 30.2 Å². The first-order chi connectivity index (χ1) is 12.7. The van der Waals surface area contributed by atoms with Crippen molar-refractivity contribution < 1.29 is 4.21 Å². The summed E-state index contributed by atoms with van der Waals surface area (Å²) in [6, 6.07) is 29.7. The molecule has 0 aliphatic rings. The highest BCUT2D eigenvalue weighted by atomic mass is 32.2. The van der Waals surface area contributed by atoms with Crippen LogP contribution < -0.4 is 0 Å². The molecule has 26 heavy (non-hydrogen) atoms. The molecule has 2 nitrogen and oxygen atoms in total. The standard InChI is InChI=1S/C23H23NOS/c1-20(17-21-11-5-2-6-12-21)19-26(25,23-15-9-4-10-16-23)24-18-22-13-7-3-8-14-22/h2-17H,18-19H2,1H3/b20-17-/t26-/m0/s1. The fourth-order valence-corrected chi connectivity index (χ4v) is 4.83. The Hall–Kier alpha value is -2.65. The molecule has 3 aromatic rings. The monoisotopic (exact) mass is 361 g/mol. The third-order valence-electron chi connectivity index (χ3n) is 4.05. The lowest BCUT2D eigenvalue weighted by molar-refractivity contribution is 0.675. The van der Waals surface area contributed by atoms with E-state index in [2.05, 4.69) is 22.6 Å². The highest BCUT2D eigenvalue weighted by molar-refractivity contribution is 7.93. The van der Waals surface area contributed by atoms with Gasteiger partial charge in [0.05, 0.1) is 22.0 Å². The topological polar surface area (TPSA) is 29.4 Å². The largest absolute Gasteiger partial charge is 0.244 e. The van der Waals surface area contributed by atoms with Crippen LogP contribution in [0.5, 0.6) is 0 Å². The zero-order valence-corrected chi connectivity index (χ0v) is 15.7. The van der Waals surface area contributed by atoms with Crippen molar-refractivity contribution in [1.29, 1.82) is 0 Å². The van der Waals surface area contributed by atoms with Crippen LogP contribution >= 0.6 is 0 Å². The van der Waals surface area contributed by atoms with E-state index in [9.17, 15) is 4.21 Å². The molecule has 0 aromatic heterocycles. The van der Waals surface area contributed by atoms with Gasteiger partial charge in [-0.15, -0.1) is 0 Å². The summed E-state index contributed by atoms with van der Waals surface area (Å²) in [7, 11) is -2.53. The second kappa shape index (κ2) is 8.63. The molecule has 0 aliphatic heterocycles. The van der Waals surface area contributed by atoms with Crippen LogP contribution in [-0.2, 0) is 16.3 Å². The van der Waals surface area contributed by atoms with E-state index in [1.807, 2.05) is 85.8 Å². The fourth-order valence-electron chi connectivity index (χ4n) is 2.78. The molecule has 0 fully saturated rings. The molecule has 1 atom stereocenters. The summed E-state index contributed by atoms with van der Waals surface area (Å²) >= 11 is 0. The summed E-state index contributed by atoms with van der Waals surface area (Å²) in [6.45, 7) is 2.47. The lowest BCUT2D eigenvalue weighted by Crippen LogP contribution is -2.08. The minimum Gasteiger partial charge on any atom is -0.244 e. The Morgan fingerprint density at radius 1 is 0.846 bits per heavy atom. The number of hydrogen-bond acceptors (Lipinski definition) is 2. The molecular formula is C23H23NOS. The van der Waals surface area contributed by atoms with Gasteiger partial charge in [0.2, 0.25) is 0 Å². The van der Waals surface area contributed by atoms with Crippen LogP contribution in [0.2, 0.25) is 0 Å². The highest BCUT2D eigenvalue weighted by Crippen LogP contribution is 2.19. The van der Waals surface area contributed by atoms with Gasteiger partial charge >= 0.3 is 0 Å². The van der Waals surface area contributed by atoms with Gasteiger partial charge in [-0.2, -0.15) is 0 Å². The zero-order valence-electron chi connectivity index (χ0n) is 14.9. The van der Waals surface area contributed by atoms with Crippen molar-refractivity contribution in [1.82, 2.24) is 0 Å². The predicted octanol–water partition coefficient (Wildman–Crippen LogP) is 5.82. The van der Waals surface area contributed by atoms with Crippen LogP contribution in [-0.4, -0.2) is 9.96 Å². The van der Waals surface area contributed by atoms with E-state index in [1.54, 1.807) is 0 Å². The van der Waals surface area contributed by atoms with Crippen molar-refractivity contribution in [2.24, 2.45) is 4.36 Å². The molecule has 0 radical (unpaired) electrons. The number of rotatable bonds is 6. The maximum absolute atomic E-state index is 13.8. The lowest BCUT2D eigenvalue weighted by Gasteiger charge is -2.12. The molecule has 0 spiro atoms. The second-order valence-corrected chi connectivity index (χ2v) is 8.57. The lowest BCUT2D eigenvalue weighted by atomic mass is 10.1. The summed E-state index contributed by atoms with van der Waals surface area (Å²) in [4.78, 5) is 0.789. The van der Waals surface area contributed by atoms with Crippen LogP contribution in [0.15, 0.2) is 106 Å². The van der Waals surface area contributed by atoms with Gasteiger partial charge in [0.15, 0.2) is 0 Å². The molecule has 3 aromatic carbocycles. The molecule has 0 heterocycles. The molecular weight excluding hydrogens is 338 g/mol. The first-order valence-electron chi connectivity index (χ1n) is 8.67. The van der Waals surface area contributed by atoms with Crippen LogP contribution in [0, 0.1) is 0 Å². The third-order valence-corrected chi connectivity index (χ3v) is 6.45. The van der Waals surface area contributed by atoms with Gasteiger partial charge in [0.25, 0.3) is 0 Å². The first-order valence-corrected chi connectivity index (χ1v) is 10.4. The van der Waals surface area contributed by atoms with Gasteiger partial charge < -0.3 is 0 Å².